The van der Waals surface area contributed by atoms with Crippen molar-refractivity contribution < 1.29 is 23.5 Å². The fraction of sp³-hybridized carbons (Fsp3) is 0.286. The molecule has 0 amide bonds. The lowest BCUT2D eigenvalue weighted by molar-refractivity contribution is 0.0376. The van der Waals surface area contributed by atoms with Crippen LogP contribution in [0.3, 0.4) is 0 Å². The number of hydrogen-bond donors (Lipinski definition) is 1. The molecule has 7 nitrogen and oxygen atoms in total. The minimum absolute atomic E-state index is 0.116. The zero-order valence-corrected chi connectivity index (χ0v) is 16.2. The van der Waals surface area contributed by atoms with E-state index in [4.69, 9.17) is 13.9 Å². The number of benzene rings is 1. The van der Waals surface area contributed by atoms with Crippen LogP contribution in [0.25, 0.3) is 11.3 Å². The van der Waals surface area contributed by atoms with Crippen LogP contribution in [0, 0.1) is 13.8 Å². The highest BCUT2D eigenvalue weighted by molar-refractivity contribution is 5.98. The highest BCUT2D eigenvalue weighted by atomic mass is 16.5. The van der Waals surface area contributed by atoms with E-state index in [-0.39, 0.29) is 24.3 Å². The molecule has 146 valence electrons. The van der Waals surface area contributed by atoms with E-state index >= 15 is 0 Å². The zero-order valence-electron chi connectivity index (χ0n) is 16.2. The molecule has 28 heavy (non-hydrogen) atoms. The van der Waals surface area contributed by atoms with Gasteiger partial charge >= 0.3 is 11.9 Å². The maximum atomic E-state index is 12.5. The Bertz CT molecular complexity index is 986. The third kappa shape index (κ3) is 4.14. The average Bonchev–Trinajstić information content (AvgIpc) is 3.24. The van der Waals surface area contributed by atoms with Crippen molar-refractivity contribution in [2.24, 2.45) is 0 Å². The van der Waals surface area contributed by atoms with Crippen LogP contribution in [0.2, 0.25) is 0 Å². The molecule has 7 heteroatoms. The van der Waals surface area contributed by atoms with Crippen LogP contribution >= 0.6 is 0 Å². The van der Waals surface area contributed by atoms with Gasteiger partial charge in [0.1, 0.15) is 5.69 Å². The summed E-state index contributed by atoms with van der Waals surface area (Å²) in [5, 5.41) is 0. The normalized spacial score (nSPS) is 10.9. The summed E-state index contributed by atoms with van der Waals surface area (Å²) in [7, 11) is 0. The Kier molecular flexibility index (Phi) is 5.63. The number of esters is 2. The highest BCUT2D eigenvalue weighted by Crippen LogP contribution is 2.22. The average molecular weight is 382 g/mol. The topological polar surface area (TPSA) is 94.4 Å². The Morgan fingerprint density at radius 3 is 2.54 bits per heavy atom. The van der Waals surface area contributed by atoms with Crippen molar-refractivity contribution in [3.05, 3.63) is 64.9 Å². The molecule has 0 bridgehead atoms. The zero-order chi connectivity index (χ0) is 20.3. The summed E-state index contributed by atoms with van der Waals surface area (Å²) < 4.78 is 16.1. The van der Waals surface area contributed by atoms with Gasteiger partial charge in [-0.3, -0.25) is 0 Å². The van der Waals surface area contributed by atoms with Crippen molar-refractivity contribution in [2.75, 3.05) is 0 Å². The fourth-order valence-electron chi connectivity index (χ4n) is 2.85. The van der Waals surface area contributed by atoms with Crippen LogP contribution in [0.4, 0.5) is 0 Å². The first kappa shape index (κ1) is 19.4. The summed E-state index contributed by atoms with van der Waals surface area (Å²) in [4.78, 5) is 31.7. The molecule has 0 radical (unpaired) electrons. The van der Waals surface area contributed by atoms with E-state index in [9.17, 15) is 9.59 Å². The van der Waals surface area contributed by atoms with Crippen LogP contribution in [0.15, 0.2) is 40.9 Å². The number of oxazole rings is 1. The monoisotopic (exact) mass is 382 g/mol. The van der Waals surface area contributed by atoms with Gasteiger partial charge in [0.05, 0.1) is 17.9 Å². The third-order valence-electron chi connectivity index (χ3n) is 4.13. The Balaban J connectivity index is 1.69. The summed E-state index contributed by atoms with van der Waals surface area (Å²) >= 11 is 0. The fourth-order valence-corrected chi connectivity index (χ4v) is 2.85. The number of H-pyrrole nitrogens is 1. The van der Waals surface area contributed by atoms with Gasteiger partial charge in [-0.1, -0.05) is 30.3 Å². The standard InChI is InChI=1S/C21H22N2O5/c1-12(2)27-20(24)18-13(3)19(23-14(18)4)21(25)26-11-17-22-10-16(28-17)15-8-6-5-7-9-15/h5-10,12,23H,11H2,1-4H3. The van der Waals surface area contributed by atoms with Crippen molar-refractivity contribution in [1.29, 1.82) is 0 Å². The first-order valence-corrected chi connectivity index (χ1v) is 8.94. The lowest BCUT2D eigenvalue weighted by Gasteiger charge is -2.08. The largest absolute Gasteiger partial charge is 0.459 e. The number of carbonyl (C=O) groups is 2. The number of aromatic nitrogens is 2. The predicted octanol–water partition coefficient (Wildman–Crippen LogP) is 4.21. The molecular formula is C21H22N2O5. The van der Waals surface area contributed by atoms with Gasteiger partial charge in [-0.05, 0) is 33.3 Å². The number of carbonyl (C=O) groups excluding carboxylic acids is 2. The first-order chi connectivity index (χ1) is 13.4. The van der Waals surface area contributed by atoms with Crippen molar-refractivity contribution in [3.8, 4) is 11.3 Å². The van der Waals surface area contributed by atoms with Crippen LogP contribution in [0.1, 0.15) is 51.8 Å². The SMILES string of the molecule is Cc1[nH]c(C(=O)OCc2ncc(-c3ccccc3)o2)c(C)c1C(=O)OC(C)C. The molecule has 3 rings (SSSR count). The van der Waals surface area contributed by atoms with Crippen molar-refractivity contribution in [1.82, 2.24) is 9.97 Å². The van der Waals surface area contributed by atoms with Crippen LogP contribution < -0.4 is 0 Å². The Morgan fingerprint density at radius 2 is 1.86 bits per heavy atom. The summed E-state index contributed by atoms with van der Waals surface area (Å²) in [6, 6.07) is 9.51. The van der Waals surface area contributed by atoms with Gasteiger partial charge in [-0.15, -0.1) is 0 Å². The second kappa shape index (κ2) is 8.12. The molecule has 0 aliphatic rings. The van der Waals surface area contributed by atoms with E-state index in [1.54, 1.807) is 33.9 Å². The number of rotatable bonds is 6. The van der Waals surface area contributed by atoms with Crippen molar-refractivity contribution >= 4 is 11.9 Å². The number of ether oxygens (including phenoxy) is 2. The molecule has 0 aliphatic carbocycles. The van der Waals surface area contributed by atoms with E-state index < -0.39 is 11.9 Å². The van der Waals surface area contributed by atoms with E-state index in [2.05, 4.69) is 9.97 Å². The molecular weight excluding hydrogens is 360 g/mol. The van der Waals surface area contributed by atoms with Gasteiger partial charge < -0.3 is 18.9 Å². The number of nitrogens with one attached hydrogen (secondary N) is 1. The summed E-state index contributed by atoms with van der Waals surface area (Å²) in [5.74, 6) is -0.186. The Hall–Kier alpha value is -3.35. The molecule has 3 aromatic rings. The second-order valence-corrected chi connectivity index (χ2v) is 6.64. The van der Waals surface area contributed by atoms with Gasteiger partial charge in [-0.25, -0.2) is 14.6 Å². The lowest BCUT2D eigenvalue weighted by atomic mass is 10.1. The number of aryl methyl sites for hydroxylation is 1. The van der Waals surface area contributed by atoms with Crippen LogP contribution in [-0.2, 0) is 16.1 Å². The van der Waals surface area contributed by atoms with Gasteiger partial charge in [0.15, 0.2) is 12.4 Å². The highest BCUT2D eigenvalue weighted by Gasteiger charge is 2.24. The van der Waals surface area contributed by atoms with E-state index in [1.807, 2.05) is 30.3 Å². The van der Waals surface area contributed by atoms with Crippen molar-refractivity contribution in [3.63, 3.8) is 0 Å². The molecule has 1 aromatic carbocycles. The molecule has 0 atom stereocenters. The molecule has 2 heterocycles. The molecule has 0 spiro atoms. The number of hydrogen-bond acceptors (Lipinski definition) is 6. The molecule has 0 saturated heterocycles. The summed E-state index contributed by atoms with van der Waals surface area (Å²) in [6.45, 7) is 6.81. The maximum absolute atomic E-state index is 12.5. The van der Waals surface area contributed by atoms with Crippen LogP contribution in [-0.4, -0.2) is 28.0 Å². The van der Waals surface area contributed by atoms with Crippen LogP contribution in [0.5, 0.6) is 0 Å². The molecule has 0 aliphatic heterocycles. The van der Waals surface area contributed by atoms with Crippen molar-refractivity contribution in [2.45, 2.75) is 40.4 Å². The first-order valence-electron chi connectivity index (χ1n) is 8.94. The van der Waals surface area contributed by atoms with Gasteiger partial charge in [-0.2, -0.15) is 0 Å². The van der Waals surface area contributed by atoms with E-state index in [1.165, 1.54) is 0 Å². The van der Waals surface area contributed by atoms with Gasteiger partial charge in [0, 0.05) is 11.3 Å². The lowest BCUT2D eigenvalue weighted by Crippen LogP contribution is -2.13. The molecule has 0 saturated carbocycles. The maximum Gasteiger partial charge on any atom is 0.355 e. The Morgan fingerprint density at radius 1 is 1.14 bits per heavy atom. The minimum atomic E-state index is -0.594. The van der Waals surface area contributed by atoms with Gasteiger partial charge in [0.2, 0.25) is 5.89 Å². The smallest absolute Gasteiger partial charge is 0.355 e. The molecule has 0 unspecified atom stereocenters. The van der Waals surface area contributed by atoms with E-state index in [0.29, 0.717) is 22.6 Å². The minimum Gasteiger partial charge on any atom is -0.459 e. The summed E-state index contributed by atoms with van der Waals surface area (Å²) in [6.07, 6.45) is 1.34. The molecule has 2 aromatic heterocycles. The van der Waals surface area contributed by atoms with E-state index in [0.717, 1.165) is 5.56 Å². The molecule has 0 fully saturated rings. The quantitative estimate of drug-likeness (QED) is 0.642. The Labute approximate surface area is 162 Å². The third-order valence-corrected chi connectivity index (χ3v) is 4.13. The number of aromatic amines is 1. The predicted molar refractivity (Wildman–Crippen MR) is 102 cm³/mol. The van der Waals surface area contributed by atoms with Gasteiger partial charge in [0.25, 0.3) is 0 Å². The summed E-state index contributed by atoms with van der Waals surface area (Å²) in [5.41, 5.74) is 2.49. The molecule has 1 N–H and O–H groups in total. The second-order valence-electron chi connectivity index (χ2n) is 6.64. The number of nitrogens with zero attached hydrogens (tertiary/aromatic N) is 1.